The predicted molar refractivity (Wildman–Crippen MR) is 77.7 cm³/mol. The molecule has 1 aromatic heterocycles. The highest BCUT2D eigenvalue weighted by Gasteiger charge is 2.22. The van der Waals surface area contributed by atoms with Gasteiger partial charge in [0.25, 0.3) is 0 Å². The van der Waals surface area contributed by atoms with Crippen molar-refractivity contribution in [1.82, 2.24) is 4.98 Å². The molecule has 0 fully saturated rings. The van der Waals surface area contributed by atoms with E-state index in [1.165, 1.54) is 12.3 Å². The maximum absolute atomic E-state index is 13.9. The minimum atomic E-state index is -0.525. The number of rotatable bonds is 2. The monoisotopic (exact) mass is 272 g/mol. The lowest BCUT2D eigenvalue weighted by Crippen LogP contribution is -2.27. The van der Waals surface area contributed by atoms with Gasteiger partial charge in [-0.25, -0.2) is 4.39 Å². The van der Waals surface area contributed by atoms with Crippen molar-refractivity contribution in [3.8, 4) is 11.1 Å². The van der Waals surface area contributed by atoms with Gasteiger partial charge in [0.05, 0.1) is 11.9 Å². The van der Waals surface area contributed by atoms with E-state index in [0.717, 1.165) is 0 Å². The Hall–Kier alpha value is -2.23. The Morgan fingerprint density at radius 3 is 2.50 bits per heavy atom. The van der Waals surface area contributed by atoms with Gasteiger partial charge in [-0.2, -0.15) is 0 Å². The minimum Gasteiger partial charge on any atom is -0.324 e. The lowest BCUT2D eigenvalue weighted by atomic mass is 9.95. The second-order valence-electron chi connectivity index (χ2n) is 5.61. The van der Waals surface area contributed by atoms with Crippen LogP contribution >= 0.6 is 0 Å². The Morgan fingerprint density at radius 2 is 1.85 bits per heavy atom. The Balaban J connectivity index is 2.42. The van der Waals surface area contributed by atoms with E-state index < -0.39 is 5.41 Å². The largest absolute Gasteiger partial charge is 0.324 e. The molecule has 0 saturated heterocycles. The fourth-order valence-electron chi connectivity index (χ4n) is 1.72. The second kappa shape index (κ2) is 5.41. The number of carbonyl (C=O) groups is 1. The lowest BCUT2D eigenvalue weighted by molar-refractivity contribution is -0.123. The Kier molecular flexibility index (Phi) is 3.84. The number of pyridine rings is 1. The van der Waals surface area contributed by atoms with Crippen LogP contribution in [0.1, 0.15) is 20.8 Å². The molecule has 0 radical (unpaired) electrons. The van der Waals surface area contributed by atoms with Crippen LogP contribution in [0.2, 0.25) is 0 Å². The summed E-state index contributed by atoms with van der Waals surface area (Å²) in [5, 5.41) is 2.81. The quantitative estimate of drug-likeness (QED) is 0.901. The summed E-state index contributed by atoms with van der Waals surface area (Å²) in [6, 6.07) is 8.15. The van der Waals surface area contributed by atoms with Crippen LogP contribution in [0.3, 0.4) is 0 Å². The Bertz CT molecular complexity index is 632. The molecule has 1 aromatic carbocycles. The second-order valence-corrected chi connectivity index (χ2v) is 5.61. The predicted octanol–water partition coefficient (Wildman–Crippen LogP) is 3.87. The van der Waals surface area contributed by atoms with Gasteiger partial charge in [-0.05, 0) is 12.1 Å². The number of halogens is 1. The highest BCUT2D eigenvalue weighted by atomic mass is 19.1. The molecule has 0 saturated carbocycles. The third-order valence-corrected chi connectivity index (χ3v) is 2.91. The maximum Gasteiger partial charge on any atom is 0.229 e. The summed E-state index contributed by atoms with van der Waals surface area (Å²) in [6.07, 6.45) is 3.11. The zero-order valence-electron chi connectivity index (χ0n) is 11.8. The maximum atomic E-state index is 13.9. The molecule has 0 atom stereocenters. The van der Waals surface area contributed by atoms with Crippen LogP contribution in [0.5, 0.6) is 0 Å². The number of nitrogens with zero attached hydrogens (tertiary/aromatic N) is 1. The average molecular weight is 272 g/mol. The summed E-state index contributed by atoms with van der Waals surface area (Å²) in [5.74, 6) is -0.465. The molecule has 3 nitrogen and oxygen atoms in total. The molecule has 2 rings (SSSR count). The summed E-state index contributed by atoms with van der Waals surface area (Å²) in [4.78, 5) is 16.1. The van der Waals surface area contributed by atoms with Crippen molar-refractivity contribution in [2.75, 3.05) is 5.32 Å². The molecule has 0 aliphatic rings. The highest BCUT2D eigenvalue weighted by molar-refractivity contribution is 5.98. The molecule has 0 aliphatic heterocycles. The van der Waals surface area contributed by atoms with Crippen molar-refractivity contribution in [3.05, 3.63) is 48.5 Å². The molecule has 2 aromatic rings. The van der Waals surface area contributed by atoms with E-state index in [2.05, 4.69) is 10.3 Å². The summed E-state index contributed by atoms with van der Waals surface area (Å²) in [6.45, 7) is 5.46. The van der Waals surface area contributed by atoms with E-state index in [1.54, 1.807) is 30.5 Å². The number of anilines is 1. The Labute approximate surface area is 117 Å². The molecule has 0 aliphatic carbocycles. The molecule has 0 bridgehead atoms. The molecule has 4 heteroatoms. The van der Waals surface area contributed by atoms with Gasteiger partial charge in [-0.1, -0.05) is 39.0 Å². The summed E-state index contributed by atoms with van der Waals surface area (Å²) in [7, 11) is 0. The van der Waals surface area contributed by atoms with E-state index in [4.69, 9.17) is 0 Å². The lowest BCUT2D eigenvalue weighted by Gasteiger charge is -2.19. The van der Waals surface area contributed by atoms with Crippen LogP contribution in [0, 0.1) is 11.2 Å². The van der Waals surface area contributed by atoms with Gasteiger partial charge in [0.2, 0.25) is 5.91 Å². The van der Waals surface area contributed by atoms with Gasteiger partial charge in [0, 0.05) is 22.7 Å². The van der Waals surface area contributed by atoms with Gasteiger partial charge in [0.1, 0.15) is 5.82 Å². The number of nitrogens with one attached hydrogen (secondary N) is 1. The van der Waals surface area contributed by atoms with Gasteiger partial charge in [-0.15, -0.1) is 0 Å². The zero-order valence-corrected chi connectivity index (χ0v) is 11.8. The van der Waals surface area contributed by atoms with Crippen molar-refractivity contribution >= 4 is 11.6 Å². The molecule has 1 N–H and O–H groups in total. The molecular weight excluding hydrogens is 255 g/mol. The van der Waals surface area contributed by atoms with E-state index >= 15 is 0 Å². The molecular formula is C16H17FN2O. The van der Waals surface area contributed by atoms with E-state index in [9.17, 15) is 9.18 Å². The third kappa shape index (κ3) is 3.02. The molecule has 20 heavy (non-hydrogen) atoms. The molecule has 104 valence electrons. The van der Waals surface area contributed by atoms with Crippen LogP contribution in [0.4, 0.5) is 10.1 Å². The summed E-state index contributed by atoms with van der Waals surface area (Å²) >= 11 is 0. The highest BCUT2D eigenvalue weighted by Crippen LogP contribution is 2.30. The van der Waals surface area contributed by atoms with Crippen molar-refractivity contribution in [1.29, 1.82) is 0 Å². The van der Waals surface area contributed by atoms with Gasteiger partial charge >= 0.3 is 0 Å². The minimum absolute atomic E-state index is 0.136. The zero-order chi connectivity index (χ0) is 14.8. The number of hydrogen-bond acceptors (Lipinski definition) is 2. The van der Waals surface area contributed by atoms with Crippen molar-refractivity contribution < 1.29 is 9.18 Å². The number of benzene rings is 1. The standard InChI is InChI=1S/C16H17FN2O/c1-16(2,3)15(20)19-14-10-18-9-8-12(14)11-6-4-5-7-13(11)17/h4-10H,1-3H3,(H,19,20). The number of hydrogen-bond donors (Lipinski definition) is 1. The van der Waals surface area contributed by atoms with Crippen LogP contribution in [-0.4, -0.2) is 10.9 Å². The molecule has 0 unspecified atom stereocenters. The molecule has 1 heterocycles. The first-order valence-corrected chi connectivity index (χ1v) is 6.40. The van der Waals surface area contributed by atoms with Gasteiger partial charge in [0.15, 0.2) is 0 Å². The fraction of sp³-hybridized carbons (Fsp3) is 0.250. The topological polar surface area (TPSA) is 42.0 Å². The number of aromatic nitrogens is 1. The van der Waals surface area contributed by atoms with Crippen LogP contribution in [0.25, 0.3) is 11.1 Å². The summed E-state index contributed by atoms with van der Waals surface area (Å²) < 4.78 is 13.9. The van der Waals surface area contributed by atoms with E-state index in [-0.39, 0.29) is 11.7 Å². The number of carbonyl (C=O) groups excluding carboxylic acids is 1. The average Bonchev–Trinajstić information content (AvgIpc) is 2.39. The van der Waals surface area contributed by atoms with Crippen molar-refractivity contribution in [3.63, 3.8) is 0 Å². The number of amides is 1. The first-order valence-electron chi connectivity index (χ1n) is 6.40. The van der Waals surface area contributed by atoms with Gasteiger partial charge in [-0.3, -0.25) is 9.78 Å². The van der Waals surface area contributed by atoms with Crippen molar-refractivity contribution in [2.45, 2.75) is 20.8 Å². The fourth-order valence-corrected chi connectivity index (χ4v) is 1.72. The van der Waals surface area contributed by atoms with Crippen LogP contribution in [0.15, 0.2) is 42.7 Å². The van der Waals surface area contributed by atoms with E-state index in [1.807, 2.05) is 20.8 Å². The van der Waals surface area contributed by atoms with Gasteiger partial charge < -0.3 is 5.32 Å². The van der Waals surface area contributed by atoms with Crippen LogP contribution in [-0.2, 0) is 4.79 Å². The smallest absolute Gasteiger partial charge is 0.229 e. The first kappa shape index (κ1) is 14.2. The molecule has 0 spiro atoms. The molecule has 1 amide bonds. The van der Waals surface area contributed by atoms with Crippen molar-refractivity contribution in [2.24, 2.45) is 5.41 Å². The Morgan fingerprint density at radius 1 is 1.15 bits per heavy atom. The SMILES string of the molecule is CC(C)(C)C(=O)Nc1cnccc1-c1ccccc1F. The summed E-state index contributed by atoms with van der Waals surface area (Å²) in [5.41, 5.74) is 1.05. The van der Waals surface area contributed by atoms with E-state index in [0.29, 0.717) is 16.8 Å². The van der Waals surface area contributed by atoms with Crippen LogP contribution < -0.4 is 5.32 Å². The third-order valence-electron chi connectivity index (χ3n) is 2.91. The normalized spacial score (nSPS) is 11.2. The first-order chi connectivity index (χ1) is 9.39.